The zero-order chi connectivity index (χ0) is 10.7. The Hall–Kier alpha value is -0.640. The van der Waals surface area contributed by atoms with Gasteiger partial charge in [-0.2, -0.15) is 11.3 Å². The molecular weight excluding hydrogens is 270 g/mol. The van der Waals surface area contributed by atoms with Crippen LogP contribution in [0.1, 0.15) is 17.2 Å². The fourth-order valence-electron chi connectivity index (χ4n) is 1.64. The standard InChI is InChI=1S/C12H12BrNS/c1-14-12(9-5-3-2-4-6-9)10-7-15-8-11(10)13/h2-8,12,14H,1H3. The van der Waals surface area contributed by atoms with Crippen molar-refractivity contribution in [3.63, 3.8) is 0 Å². The van der Waals surface area contributed by atoms with E-state index in [9.17, 15) is 0 Å². The molecule has 1 aromatic carbocycles. The van der Waals surface area contributed by atoms with E-state index in [0.29, 0.717) is 0 Å². The normalized spacial score (nSPS) is 12.7. The van der Waals surface area contributed by atoms with Crippen LogP contribution in [-0.2, 0) is 0 Å². The van der Waals surface area contributed by atoms with Gasteiger partial charge in [-0.1, -0.05) is 30.3 Å². The molecule has 1 heterocycles. The number of hydrogen-bond acceptors (Lipinski definition) is 2. The molecule has 1 nitrogen and oxygen atoms in total. The smallest absolute Gasteiger partial charge is 0.0593 e. The van der Waals surface area contributed by atoms with Crippen molar-refractivity contribution < 1.29 is 0 Å². The van der Waals surface area contributed by atoms with Gasteiger partial charge in [-0.15, -0.1) is 0 Å². The predicted molar refractivity (Wildman–Crippen MR) is 69.4 cm³/mol. The van der Waals surface area contributed by atoms with E-state index in [2.05, 4.69) is 56.3 Å². The summed E-state index contributed by atoms with van der Waals surface area (Å²) < 4.78 is 1.18. The largest absolute Gasteiger partial charge is 0.309 e. The maximum Gasteiger partial charge on any atom is 0.0593 e. The highest BCUT2D eigenvalue weighted by Crippen LogP contribution is 2.31. The topological polar surface area (TPSA) is 12.0 Å². The zero-order valence-corrected chi connectivity index (χ0v) is 10.8. The second kappa shape index (κ2) is 4.92. The SMILES string of the molecule is CNC(c1ccccc1)c1cscc1Br. The second-order valence-corrected chi connectivity index (χ2v) is 4.91. The summed E-state index contributed by atoms with van der Waals surface area (Å²) in [5.74, 6) is 0. The van der Waals surface area contributed by atoms with E-state index in [4.69, 9.17) is 0 Å². The van der Waals surface area contributed by atoms with E-state index in [1.54, 1.807) is 11.3 Å². The molecule has 1 unspecified atom stereocenters. The second-order valence-electron chi connectivity index (χ2n) is 3.31. The van der Waals surface area contributed by atoms with Gasteiger partial charge in [0.05, 0.1) is 6.04 Å². The zero-order valence-electron chi connectivity index (χ0n) is 8.41. The van der Waals surface area contributed by atoms with Gasteiger partial charge in [0.1, 0.15) is 0 Å². The maximum atomic E-state index is 3.58. The Morgan fingerprint density at radius 2 is 1.93 bits per heavy atom. The van der Waals surface area contributed by atoms with Crippen molar-refractivity contribution in [2.75, 3.05) is 7.05 Å². The Morgan fingerprint density at radius 3 is 2.47 bits per heavy atom. The summed E-state index contributed by atoms with van der Waals surface area (Å²) in [6.07, 6.45) is 0. The molecule has 0 fully saturated rings. The number of benzene rings is 1. The van der Waals surface area contributed by atoms with Crippen molar-refractivity contribution in [2.45, 2.75) is 6.04 Å². The first-order valence-corrected chi connectivity index (χ1v) is 6.50. The maximum absolute atomic E-state index is 3.58. The van der Waals surface area contributed by atoms with Crippen LogP contribution in [0.25, 0.3) is 0 Å². The van der Waals surface area contributed by atoms with Crippen LogP contribution < -0.4 is 5.32 Å². The fourth-order valence-corrected chi connectivity index (χ4v) is 3.20. The van der Waals surface area contributed by atoms with Crippen LogP contribution in [0.4, 0.5) is 0 Å². The molecule has 0 aliphatic heterocycles. The molecule has 3 heteroatoms. The van der Waals surface area contributed by atoms with E-state index < -0.39 is 0 Å². The Morgan fingerprint density at radius 1 is 1.20 bits per heavy atom. The molecule has 1 N–H and O–H groups in total. The van der Waals surface area contributed by atoms with E-state index in [0.717, 1.165) is 0 Å². The van der Waals surface area contributed by atoms with Gasteiger partial charge in [0.25, 0.3) is 0 Å². The number of nitrogens with one attached hydrogen (secondary N) is 1. The molecule has 0 spiro atoms. The molecule has 0 bridgehead atoms. The summed E-state index contributed by atoms with van der Waals surface area (Å²) in [5.41, 5.74) is 2.59. The van der Waals surface area contributed by atoms with Crippen molar-refractivity contribution in [3.8, 4) is 0 Å². The van der Waals surface area contributed by atoms with E-state index in [1.165, 1.54) is 15.6 Å². The monoisotopic (exact) mass is 281 g/mol. The number of hydrogen-bond donors (Lipinski definition) is 1. The molecule has 0 radical (unpaired) electrons. The molecule has 2 rings (SSSR count). The predicted octanol–water partition coefficient (Wildman–Crippen LogP) is 3.82. The molecule has 0 amide bonds. The highest BCUT2D eigenvalue weighted by Gasteiger charge is 2.14. The molecule has 78 valence electrons. The van der Waals surface area contributed by atoms with Crippen LogP contribution in [-0.4, -0.2) is 7.05 Å². The first-order valence-electron chi connectivity index (χ1n) is 4.76. The lowest BCUT2D eigenvalue weighted by Gasteiger charge is -2.16. The van der Waals surface area contributed by atoms with Gasteiger partial charge >= 0.3 is 0 Å². The number of thiophene rings is 1. The third-order valence-corrected chi connectivity index (χ3v) is 4.13. The Bertz CT molecular complexity index is 424. The van der Waals surface area contributed by atoms with Crippen molar-refractivity contribution in [1.29, 1.82) is 0 Å². The van der Waals surface area contributed by atoms with Gasteiger partial charge in [0, 0.05) is 9.85 Å². The summed E-state index contributed by atoms with van der Waals surface area (Å²) >= 11 is 5.29. The molecular formula is C12H12BrNS. The minimum atomic E-state index is 0.270. The first kappa shape index (κ1) is 10.9. The minimum absolute atomic E-state index is 0.270. The first-order chi connectivity index (χ1) is 7.33. The molecule has 0 aliphatic carbocycles. The van der Waals surface area contributed by atoms with Gasteiger partial charge in [0.15, 0.2) is 0 Å². The summed E-state index contributed by atoms with van der Waals surface area (Å²) in [6, 6.07) is 10.7. The highest BCUT2D eigenvalue weighted by molar-refractivity contribution is 9.10. The van der Waals surface area contributed by atoms with Crippen LogP contribution >= 0.6 is 27.3 Å². The summed E-state index contributed by atoms with van der Waals surface area (Å²) in [6.45, 7) is 0. The van der Waals surface area contributed by atoms with Gasteiger partial charge in [-0.05, 0) is 39.5 Å². The lowest BCUT2D eigenvalue weighted by atomic mass is 10.0. The van der Waals surface area contributed by atoms with Crippen LogP contribution in [0.2, 0.25) is 0 Å². The summed E-state index contributed by atoms with van der Waals surface area (Å²) in [5, 5.41) is 7.63. The minimum Gasteiger partial charge on any atom is -0.309 e. The van der Waals surface area contributed by atoms with Crippen LogP contribution in [0, 0.1) is 0 Å². The van der Waals surface area contributed by atoms with Crippen LogP contribution in [0.15, 0.2) is 45.6 Å². The Labute approximate surface area is 102 Å². The van der Waals surface area contributed by atoms with Crippen LogP contribution in [0.3, 0.4) is 0 Å². The molecule has 0 aliphatic rings. The summed E-state index contributed by atoms with van der Waals surface area (Å²) in [7, 11) is 1.99. The van der Waals surface area contributed by atoms with E-state index in [1.807, 2.05) is 13.1 Å². The van der Waals surface area contributed by atoms with Crippen molar-refractivity contribution in [1.82, 2.24) is 5.32 Å². The fraction of sp³-hybridized carbons (Fsp3) is 0.167. The van der Waals surface area contributed by atoms with E-state index in [-0.39, 0.29) is 6.04 Å². The highest BCUT2D eigenvalue weighted by atomic mass is 79.9. The quantitative estimate of drug-likeness (QED) is 0.902. The number of halogens is 1. The van der Waals surface area contributed by atoms with Gasteiger partial charge < -0.3 is 5.32 Å². The third kappa shape index (κ3) is 2.30. The van der Waals surface area contributed by atoms with Gasteiger partial charge in [-0.3, -0.25) is 0 Å². The lowest BCUT2D eigenvalue weighted by Crippen LogP contribution is -2.17. The average Bonchev–Trinajstić information content (AvgIpc) is 2.68. The molecule has 1 atom stereocenters. The lowest BCUT2D eigenvalue weighted by molar-refractivity contribution is 0.692. The Balaban J connectivity index is 2.37. The number of rotatable bonds is 3. The van der Waals surface area contributed by atoms with Crippen molar-refractivity contribution in [3.05, 3.63) is 56.7 Å². The average molecular weight is 282 g/mol. The molecule has 0 saturated carbocycles. The van der Waals surface area contributed by atoms with Crippen molar-refractivity contribution >= 4 is 27.3 Å². The van der Waals surface area contributed by atoms with Crippen LogP contribution in [0.5, 0.6) is 0 Å². The molecule has 2 aromatic rings. The van der Waals surface area contributed by atoms with E-state index >= 15 is 0 Å². The van der Waals surface area contributed by atoms with Gasteiger partial charge in [-0.25, -0.2) is 0 Å². The Kier molecular flexibility index (Phi) is 3.57. The van der Waals surface area contributed by atoms with Gasteiger partial charge in [0.2, 0.25) is 0 Å². The molecule has 1 aromatic heterocycles. The molecule has 0 saturated heterocycles. The van der Waals surface area contributed by atoms with Crippen molar-refractivity contribution in [2.24, 2.45) is 0 Å². The summed E-state index contributed by atoms with van der Waals surface area (Å²) in [4.78, 5) is 0. The third-order valence-electron chi connectivity index (χ3n) is 2.37. The molecule has 15 heavy (non-hydrogen) atoms.